The fourth-order valence-electron chi connectivity index (χ4n) is 0. The molecule has 0 heterocycles. The Morgan fingerprint density at radius 2 is 1.38 bits per heavy atom. The summed E-state index contributed by atoms with van der Waals surface area (Å²) in [5.41, 5.74) is -5.18. The fourth-order valence-corrected chi connectivity index (χ4v) is 0. The van der Waals surface area contributed by atoms with E-state index in [1.807, 2.05) is 0 Å². The summed E-state index contributed by atoms with van der Waals surface area (Å²) < 4.78 is 51.7. The van der Waals surface area contributed by atoms with E-state index in [0.717, 1.165) is 0 Å². The molecule has 7 heteroatoms. The van der Waals surface area contributed by atoms with Gasteiger partial charge in [0, 0.05) is 0 Å². The molecule has 0 atom stereocenters. The number of halogens is 3. The molecule has 0 aliphatic carbocycles. The van der Waals surface area contributed by atoms with Gasteiger partial charge in [-0.25, -0.2) is 8.42 Å². The lowest BCUT2D eigenvalue weighted by molar-refractivity contribution is -0.0413. The third kappa shape index (κ3) is 1.82. The fraction of sp³-hybridized carbons (Fsp3) is 1.00. The van der Waals surface area contributed by atoms with E-state index in [2.05, 4.69) is 0 Å². The highest BCUT2D eigenvalue weighted by Gasteiger charge is 2.40. The van der Waals surface area contributed by atoms with Gasteiger partial charge < -0.3 is 0 Å². The Balaban J connectivity index is 4.53. The largest absolute Gasteiger partial charge is 0.490 e. The van der Waals surface area contributed by atoms with Gasteiger partial charge >= 0.3 is 5.51 Å². The van der Waals surface area contributed by atoms with Crippen molar-refractivity contribution in [3.63, 3.8) is 0 Å². The minimum atomic E-state index is -5.18. The Hall–Kier alpha value is -0.0431. The third-order valence-electron chi connectivity index (χ3n) is 0.305. The minimum Gasteiger partial charge on any atom is -0.228 e. The lowest BCUT2D eigenvalue weighted by Crippen LogP contribution is -2.22. The predicted octanol–water partition coefficient (Wildman–Crippen LogP) is 0.00450. The molecule has 0 N–H and O–H groups in total. The predicted molar refractivity (Wildman–Crippen MR) is 20.7 cm³/mol. The van der Waals surface area contributed by atoms with Crippen LogP contribution in [0.5, 0.6) is 0 Å². The molecule has 0 unspecified atom stereocenters. The van der Waals surface area contributed by atoms with Crippen molar-refractivity contribution >= 4 is 18.7 Å². The lowest BCUT2D eigenvalue weighted by Gasteiger charge is -1.99. The molecule has 2 nitrogen and oxygen atoms in total. The van der Waals surface area contributed by atoms with Crippen LogP contribution in [-0.4, -0.2) is 23.3 Å². The molecule has 8 heavy (non-hydrogen) atoms. The lowest BCUT2D eigenvalue weighted by atomic mass is 11.6. The van der Waals surface area contributed by atoms with Crippen LogP contribution in [0.1, 0.15) is 0 Å². The smallest absolute Gasteiger partial charge is 0.228 e. The van der Waals surface area contributed by atoms with E-state index in [-0.39, 0.29) is 0 Å². The van der Waals surface area contributed by atoms with Gasteiger partial charge in [0.25, 0.3) is 0 Å². The summed E-state index contributed by atoms with van der Waals surface area (Å²) in [5.74, 6) is 0. The first-order chi connectivity index (χ1) is 3.25. The second kappa shape index (κ2) is 1.73. The average molecular weight is 161 g/mol. The molecule has 0 fully saturated rings. The minimum absolute atomic E-state index is 1.50. The van der Waals surface area contributed by atoms with Crippen LogP contribution in [-0.2, 0) is 9.29 Å². The Kier molecular flexibility index (Phi) is 1.72. The van der Waals surface area contributed by atoms with E-state index in [9.17, 15) is 21.6 Å². The average Bonchev–Trinajstić information content (AvgIpc) is 1.25. The maximum absolute atomic E-state index is 10.9. The van der Waals surface area contributed by atoms with Crippen LogP contribution >= 0.6 is 0 Å². The number of hydrogen-bond donors (Lipinski definition) is 0. The number of rotatable bonds is 0. The summed E-state index contributed by atoms with van der Waals surface area (Å²) >= 11 is 0. The first-order valence-corrected chi connectivity index (χ1v) is 4.02. The first-order valence-electron chi connectivity index (χ1n) is 1.31. The van der Waals surface area contributed by atoms with Crippen molar-refractivity contribution in [3.8, 4) is 0 Å². The first kappa shape index (κ1) is 7.96. The summed E-state index contributed by atoms with van der Waals surface area (Å²) in [6, 6.07) is 0. The molecule has 0 aliphatic rings. The molecule has 0 aromatic rings. The van der Waals surface area contributed by atoms with Crippen molar-refractivity contribution in [2.75, 3.05) is 0 Å². The van der Waals surface area contributed by atoms with Crippen LogP contribution < -0.4 is 0 Å². The van der Waals surface area contributed by atoms with Gasteiger partial charge in [0.1, 0.15) is 0 Å². The summed E-state index contributed by atoms with van der Waals surface area (Å²) in [5, 5.41) is 0. The van der Waals surface area contributed by atoms with Gasteiger partial charge in [-0.2, -0.15) is 13.2 Å². The molecule has 0 aromatic carbocycles. The molecule has 0 spiro atoms. The van der Waals surface area contributed by atoms with Gasteiger partial charge in [0.2, 0.25) is 18.7 Å². The van der Waals surface area contributed by atoms with Gasteiger partial charge in [-0.3, -0.25) is 0 Å². The SMILES string of the molecule is O=S(=O)([Si])C(F)(F)F. The van der Waals surface area contributed by atoms with Crippen LogP contribution in [0.25, 0.3) is 0 Å². The molecular formula is CF3O2SSi. The van der Waals surface area contributed by atoms with Crippen LogP contribution in [0.4, 0.5) is 13.2 Å². The zero-order valence-electron chi connectivity index (χ0n) is 3.36. The maximum atomic E-state index is 10.9. The highest BCUT2D eigenvalue weighted by Crippen LogP contribution is 2.20. The molecular weight excluding hydrogens is 161 g/mol. The van der Waals surface area contributed by atoms with Gasteiger partial charge in [0.05, 0.1) is 0 Å². The van der Waals surface area contributed by atoms with E-state index in [1.165, 1.54) is 9.39 Å². The van der Waals surface area contributed by atoms with Crippen molar-refractivity contribution < 1.29 is 21.6 Å². The quantitative estimate of drug-likeness (QED) is 0.469. The molecule has 0 amide bonds. The number of alkyl halides is 3. The van der Waals surface area contributed by atoms with Gasteiger partial charge in [-0.15, -0.1) is 0 Å². The summed E-state index contributed by atoms with van der Waals surface area (Å²) in [4.78, 5) is 0. The van der Waals surface area contributed by atoms with Gasteiger partial charge in [-0.1, -0.05) is 0 Å². The third-order valence-corrected chi connectivity index (χ3v) is 1.61. The molecule has 0 saturated carbocycles. The van der Waals surface area contributed by atoms with E-state index in [4.69, 9.17) is 0 Å². The van der Waals surface area contributed by atoms with Crippen molar-refractivity contribution in [2.24, 2.45) is 0 Å². The van der Waals surface area contributed by atoms with Gasteiger partial charge in [0.15, 0.2) is 0 Å². The van der Waals surface area contributed by atoms with E-state index >= 15 is 0 Å². The molecule has 0 rings (SSSR count). The molecule has 3 radical (unpaired) electrons. The molecule has 0 bridgehead atoms. The van der Waals surface area contributed by atoms with Gasteiger partial charge in [-0.05, 0) is 0 Å². The van der Waals surface area contributed by atoms with E-state index in [0.29, 0.717) is 0 Å². The molecule has 0 aliphatic heterocycles. The number of hydrogen-bond acceptors (Lipinski definition) is 2. The topological polar surface area (TPSA) is 34.1 Å². The van der Waals surface area contributed by atoms with Crippen LogP contribution in [0.2, 0.25) is 0 Å². The Bertz CT molecular complexity index is 166. The molecule has 47 valence electrons. The monoisotopic (exact) mass is 161 g/mol. The summed E-state index contributed by atoms with van der Waals surface area (Å²) in [6.07, 6.45) is 0. The summed E-state index contributed by atoms with van der Waals surface area (Å²) in [6.45, 7) is 0. The van der Waals surface area contributed by atoms with E-state index in [1.54, 1.807) is 0 Å². The second-order valence-electron chi connectivity index (χ2n) is 0.949. The van der Waals surface area contributed by atoms with Crippen molar-refractivity contribution in [1.29, 1.82) is 0 Å². The van der Waals surface area contributed by atoms with Crippen LogP contribution in [0.15, 0.2) is 0 Å². The Morgan fingerprint density at radius 1 is 1.25 bits per heavy atom. The Morgan fingerprint density at radius 3 is 1.38 bits per heavy atom. The summed E-state index contributed by atoms with van der Waals surface area (Å²) in [7, 11) is -3.54. The van der Waals surface area contributed by atoms with Crippen molar-refractivity contribution in [1.82, 2.24) is 0 Å². The van der Waals surface area contributed by atoms with Crippen LogP contribution in [0, 0.1) is 0 Å². The Labute approximate surface area is 46.7 Å². The van der Waals surface area contributed by atoms with Crippen molar-refractivity contribution in [2.45, 2.75) is 5.51 Å². The highest BCUT2D eigenvalue weighted by molar-refractivity contribution is 8.12. The second-order valence-corrected chi connectivity index (χ2v) is 4.03. The standard InChI is InChI=1S/CF3O2SSi/c2-1(3,4)7(5,6)8. The maximum Gasteiger partial charge on any atom is 0.490 e. The zero-order chi connectivity index (χ0) is 7.00. The van der Waals surface area contributed by atoms with Crippen LogP contribution in [0.3, 0.4) is 0 Å². The molecule has 0 aromatic heterocycles. The van der Waals surface area contributed by atoms with E-state index < -0.39 is 14.8 Å². The zero-order valence-corrected chi connectivity index (χ0v) is 5.18. The normalized spacial score (nSPS) is 14.0. The van der Waals surface area contributed by atoms with Crippen molar-refractivity contribution in [3.05, 3.63) is 0 Å². The highest BCUT2D eigenvalue weighted by atomic mass is 32.4. The molecule has 0 saturated heterocycles.